The van der Waals surface area contributed by atoms with Crippen LogP contribution in [0.1, 0.15) is 56.6 Å². The van der Waals surface area contributed by atoms with Crippen molar-refractivity contribution in [2.45, 2.75) is 46.7 Å². The smallest absolute Gasteiger partial charge is 0.257 e. The molecule has 2 atom stereocenters. The van der Waals surface area contributed by atoms with Crippen LogP contribution in [0.4, 0.5) is 17.1 Å². The first-order chi connectivity index (χ1) is 17.5. The Morgan fingerprint density at radius 1 is 0.865 bits per heavy atom. The van der Waals surface area contributed by atoms with Crippen molar-refractivity contribution in [1.82, 2.24) is 10.2 Å². The molecule has 3 rings (SSSR count). The highest BCUT2D eigenvalue weighted by Crippen LogP contribution is 2.32. The molecule has 0 bridgehead atoms. The minimum absolute atomic E-state index is 0.0417. The van der Waals surface area contributed by atoms with Crippen molar-refractivity contribution >= 4 is 28.9 Å². The van der Waals surface area contributed by atoms with E-state index >= 15 is 0 Å². The van der Waals surface area contributed by atoms with Gasteiger partial charge in [-0.15, -0.1) is 0 Å². The van der Waals surface area contributed by atoms with E-state index in [1.165, 1.54) is 17.0 Å². The fraction of sp³-hybridized carbons (Fsp3) is 0.357. The zero-order valence-corrected chi connectivity index (χ0v) is 22.4. The lowest BCUT2D eigenvalue weighted by Crippen LogP contribution is -2.47. The van der Waals surface area contributed by atoms with Gasteiger partial charge in [0.15, 0.2) is 5.75 Å². The van der Waals surface area contributed by atoms with Crippen LogP contribution >= 0.6 is 0 Å². The zero-order valence-electron chi connectivity index (χ0n) is 22.4. The first kappa shape index (κ1) is 29.1. The Kier molecular flexibility index (Phi) is 9.99. The first-order valence-corrected chi connectivity index (χ1v) is 12.3. The van der Waals surface area contributed by atoms with Gasteiger partial charge >= 0.3 is 0 Å². The normalized spacial score (nSPS) is 12.2. The molecule has 0 saturated carbocycles. The number of phenolic OH excluding ortho intramolecular Hbond substituents is 1. The predicted molar refractivity (Wildman–Crippen MR) is 147 cm³/mol. The Labute approximate surface area is 217 Å². The second kappa shape index (κ2) is 12.7. The minimum atomic E-state index is -0.791. The molecule has 4 N–H and O–H groups in total. The Bertz CT molecular complexity index is 1290. The molecule has 3 aromatic carbocycles. The van der Waals surface area contributed by atoms with Crippen LogP contribution < -0.4 is 26.8 Å². The van der Waals surface area contributed by atoms with Crippen LogP contribution in [-0.2, 0) is 4.79 Å². The fourth-order valence-electron chi connectivity index (χ4n) is 3.66. The van der Waals surface area contributed by atoms with Crippen molar-refractivity contribution in [1.29, 1.82) is 0 Å². The Morgan fingerprint density at radius 2 is 1.46 bits per heavy atom. The van der Waals surface area contributed by atoms with E-state index in [4.69, 9.17) is 0 Å². The number of hydrogen-bond acceptors (Lipinski definition) is 7. The summed E-state index contributed by atoms with van der Waals surface area (Å²) in [5.74, 6) is -1.29. The van der Waals surface area contributed by atoms with E-state index in [1.54, 1.807) is 20.2 Å². The molecule has 9 heteroatoms. The van der Waals surface area contributed by atoms with E-state index in [2.05, 4.69) is 16.0 Å². The number of amides is 2. The van der Waals surface area contributed by atoms with Gasteiger partial charge in [-0.2, -0.15) is 0 Å². The van der Waals surface area contributed by atoms with Crippen molar-refractivity contribution in [2.75, 3.05) is 24.7 Å². The second-order valence-corrected chi connectivity index (χ2v) is 8.94. The van der Waals surface area contributed by atoms with Crippen LogP contribution in [0.2, 0.25) is 0 Å². The summed E-state index contributed by atoms with van der Waals surface area (Å²) >= 11 is 0. The predicted octanol–water partition coefficient (Wildman–Crippen LogP) is 3.77. The molecule has 198 valence electrons. The van der Waals surface area contributed by atoms with Crippen LogP contribution in [0.25, 0.3) is 0 Å². The third-order valence-electron chi connectivity index (χ3n) is 5.75. The molecular weight excluding hydrogens is 472 g/mol. The molecule has 37 heavy (non-hydrogen) atoms. The van der Waals surface area contributed by atoms with Gasteiger partial charge in [-0.3, -0.25) is 19.2 Å². The molecular formula is C28H36N4O5. The number of nitrogens with zero attached hydrogens (tertiary/aromatic N) is 1. The number of hydrogen-bond donors (Lipinski definition) is 4. The van der Waals surface area contributed by atoms with Gasteiger partial charge in [-0.25, -0.2) is 0 Å². The third kappa shape index (κ3) is 6.55. The highest BCUT2D eigenvalue weighted by atomic mass is 16.3. The largest absolute Gasteiger partial charge is 0.505 e. The number of anilines is 3. The van der Waals surface area contributed by atoms with Gasteiger partial charge in [0, 0.05) is 14.1 Å². The lowest BCUT2D eigenvalue weighted by molar-refractivity contribution is -0.123. The van der Waals surface area contributed by atoms with Crippen molar-refractivity contribution in [3.05, 3.63) is 80.1 Å². The summed E-state index contributed by atoms with van der Waals surface area (Å²) in [5, 5.41) is 19.2. The molecule has 0 unspecified atom stereocenters. The number of rotatable bonds is 9. The maximum Gasteiger partial charge on any atom is 0.257 e. The highest BCUT2D eigenvalue weighted by molar-refractivity contribution is 5.99. The SMILES string of the molecule is CC.CC(C)[C@@H](Nc1c(Nc2cccc(C(=O)N(C)C)c2O)c(=O)c1=O)C(=O)N[C@H](C)c1ccccc1. The number of carbonyl (C=O) groups excluding carboxylic acids is 2. The van der Waals surface area contributed by atoms with Gasteiger partial charge in [0.1, 0.15) is 17.4 Å². The average molecular weight is 509 g/mol. The van der Waals surface area contributed by atoms with Crippen LogP contribution in [0.3, 0.4) is 0 Å². The van der Waals surface area contributed by atoms with Crippen molar-refractivity contribution < 1.29 is 14.7 Å². The third-order valence-corrected chi connectivity index (χ3v) is 5.75. The first-order valence-electron chi connectivity index (χ1n) is 12.3. The maximum absolute atomic E-state index is 13.0. The Balaban J connectivity index is 0.00000235. The molecule has 0 aliphatic rings. The summed E-state index contributed by atoms with van der Waals surface area (Å²) < 4.78 is 0. The van der Waals surface area contributed by atoms with E-state index in [0.29, 0.717) is 0 Å². The van der Waals surface area contributed by atoms with Gasteiger partial charge in [0.25, 0.3) is 16.8 Å². The quantitative estimate of drug-likeness (QED) is 0.256. The molecule has 0 heterocycles. The molecule has 0 radical (unpaired) electrons. The Hall–Kier alpha value is -4.14. The average Bonchev–Trinajstić information content (AvgIpc) is 2.89. The van der Waals surface area contributed by atoms with Crippen LogP contribution in [0.15, 0.2) is 58.1 Å². The minimum Gasteiger partial charge on any atom is -0.505 e. The number of nitrogens with one attached hydrogen (secondary N) is 3. The summed E-state index contributed by atoms with van der Waals surface area (Å²) in [6, 6.07) is 12.9. The van der Waals surface area contributed by atoms with Crippen LogP contribution in [0, 0.1) is 5.92 Å². The number of phenols is 1. The Morgan fingerprint density at radius 3 is 2.03 bits per heavy atom. The molecule has 0 spiro atoms. The summed E-state index contributed by atoms with van der Waals surface area (Å²) in [4.78, 5) is 51.4. The van der Waals surface area contributed by atoms with E-state index < -0.39 is 22.8 Å². The van der Waals surface area contributed by atoms with E-state index in [9.17, 15) is 24.3 Å². The molecule has 0 aliphatic heterocycles. The van der Waals surface area contributed by atoms with E-state index in [-0.39, 0.29) is 46.2 Å². The lowest BCUT2D eigenvalue weighted by atomic mass is 10.0. The summed E-state index contributed by atoms with van der Waals surface area (Å²) in [5.41, 5.74) is -0.589. The van der Waals surface area contributed by atoms with Gasteiger partial charge in [-0.1, -0.05) is 64.1 Å². The zero-order chi connectivity index (χ0) is 27.9. The summed E-state index contributed by atoms with van der Waals surface area (Å²) in [6.45, 7) is 9.51. The maximum atomic E-state index is 13.0. The fourth-order valence-corrected chi connectivity index (χ4v) is 3.66. The summed E-state index contributed by atoms with van der Waals surface area (Å²) in [7, 11) is 3.10. The van der Waals surface area contributed by atoms with Gasteiger partial charge < -0.3 is 26.0 Å². The summed E-state index contributed by atoms with van der Waals surface area (Å²) in [6.07, 6.45) is 0. The number of aromatic hydroxyl groups is 1. The van der Waals surface area contributed by atoms with Gasteiger partial charge in [-0.05, 0) is 30.5 Å². The molecule has 3 aromatic rings. The van der Waals surface area contributed by atoms with Crippen LogP contribution in [0.5, 0.6) is 5.75 Å². The topological polar surface area (TPSA) is 128 Å². The van der Waals surface area contributed by atoms with Gasteiger partial charge in [0.2, 0.25) is 5.91 Å². The highest BCUT2D eigenvalue weighted by Gasteiger charge is 2.30. The molecule has 0 saturated heterocycles. The van der Waals surface area contributed by atoms with Gasteiger partial charge in [0.05, 0.1) is 17.3 Å². The number of para-hydroxylation sites is 1. The lowest BCUT2D eigenvalue weighted by Gasteiger charge is -2.26. The molecule has 9 nitrogen and oxygen atoms in total. The van der Waals surface area contributed by atoms with Crippen molar-refractivity contribution in [2.24, 2.45) is 5.92 Å². The molecule has 2 amide bonds. The van der Waals surface area contributed by atoms with E-state index in [0.717, 1.165) is 5.56 Å². The van der Waals surface area contributed by atoms with Crippen molar-refractivity contribution in [3.8, 4) is 5.75 Å². The number of carbonyl (C=O) groups is 2. The number of benzene rings is 2. The van der Waals surface area contributed by atoms with Crippen molar-refractivity contribution in [3.63, 3.8) is 0 Å². The molecule has 0 aromatic heterocycles. The molecule has 0 fully saturated rings. The van der Waals surface area contributed by atoms with Crippen LogP contribution in [-0.4, -0.2) is 42.0 Å². The van der Waals surface area contributed by atoms with E-state index in [1.807, 2.05) is 65.0 Å². The monoisotopic (exact) mass is 508 g/mol. The second-order valence-electron chi connectivity index (χ2n) is 8.94. The molecule has 0 aliphatic carbocycles. The standard InChI is InChI=1S/C26H30N4O5.C2H6/c1-14(2)19(25(34)27-15(3)16-10-7-6-8-11-16)29-21-20(23(32)24(21)33)28-18-13-9-12-17(22(18)31)26(35)30(4)5;1-2/h6-15,19,28-29,31H,1-5H3,(H,27,34);1-2H3/t15-,19-;/m1./s1.